The lowest BCUT2D eigenvalue weighted by Crippen LogP contribution is -3.15. The predicted octanol–water partition coefficient (Wildman–Crippen LogP) is 0.302. The topological polar surface area (TPSA) is 100.0 Å². The third-order valence-corrected chi connectivity index (χ3v) is 4.55. The van der Waals surface area contributed by atoms with Crippen LogP contribution in [0.5, 0.6) is 5.75 Å². The number of ether oxygens (including phenoxy) is 1. The fraction of sp³-hybridized carbons (Fsp3) is 0.467. The Morgan fingerprint density at radius 2 is 1.83 bits per heavy atom. The highest BCUT2D eigenvalue weighted by atomic mass is 16.6. The molecule has 1 unspecified atom stereocenters. The summed E-state index contributed by atoms with van der Waals surface area (Å²) in [4.78, 5) is 23.4. The van der Waals surface area contributed by atoms with Crippen LogP contribution in [0.1, 0.15) is 12.8 Å². The van der Waals surface area contributed by atoms with E-state index in [1.165, 1.54) is 6.08 Å². The lowest BCUT2D eigenvalue weighted by atomic mass is 9.71. The van der Waals surface area contributed by atoms with E-state index in [2.05, 4.69) is 0 Å². The second-order valence-electron chi connectivity index (χ2n) is 6.53. The van der Waals surface area contributed by atoms with Crippen molar-refractivity contribution in [2.45, 2.75) is 23.9 Å². The van der Waals surface area contributed by atoms with Crippen LogP contribution in [0.2, 0.25) is 0 Å². The number of hydrogen-bond acceptors (Lipinski definition) is 5. The van der Waals surface area contributed by atoms with Gasteiger partial charge in [0.05, 0.1) is 13.5 Å². The molecule has 122 valence electrons. The Bertz CT molecular complexity index is 677. The van der Waals surface area contributed by atoms with Gasteiger partial charge in [-0.25, -0.2) is 0 Å². The van der Waals surface area contributed by atoms with Gasteiger partial charge in [0.25, 0.3) is 11.1 Å². The van der Waals surface area contributed by atoms with Crippen molar-refractivity contribution in [3.8, 4) is 5.75 Å². The number of quaternary nitrogens is 1. The zero-order valence-corrected chi connectivity index (χ0v) is 12.7. The van der Waals surface area contributed by atoms with E-state index in [9.17, 15) is 20.2 Å². The zero-order chi connectivity index (χ0) is 16.7. The first-order valence-electron chi connectivity index (χ1n) is 7.40. The molecule has 1 aromatic rings. The SMILES string of the molecule is C[NH+]1C[C@]2([N+](=O)[O-])C=C(Oc3ccccc3)C[C@@]([N+](=O)[O-])(C1)C2. The molecule has 3 atom stereocenters. The van der Waals surface area contributed by atoms with Crippen molar-refractivity contribution in [1.82, 2.24) is 0 Å². The van der Waals surface area contributed by atoms with Gasteiger partial charge in [0, 0.05) is 15.9 Å². The van der Waals surface area contributed by atoms with Crippen LogP contribution in [0.4, 0.5) is 0 Å². The highest BCUT2D eigenvalue weighted by molar-refractivity contribution is 5.27. The molecule has 0 saturated carbocycles. The van der Waals surface area contributed by atoms with Crippen LogP contribution < -0.4 is 9.64 Å². The van der Waals surface area contributed by atoms with Crippen LogP contribution in [-0.2, 0) is 0 Å². The molecule has 2 aliphatic rings. The van der Waals surface area contributed by atoms with E-state index < -0.39 is 16.0 Å². The van der Waals surface area contributed by atoms with E-state index in [4.69, 9.17) is 4.74 Å². The van der Waals surface area contributed by atoms with Gasteiger partial charge < -0.3 is 9.64 Å². The van der Waals surface area contributed by atoms with Gasteiger partial charge in [-0.15, -0.1) is 0 Å². The van der Waals surface area contributed by atoms with Crippen molar-refractivity contribution in [1.29, 1.82) is 0 Å². The highest BCUT2D eigenvalue weighted by Crippen LogP contribution is 2.39. The van der Waals surface area contributed by atoms with E-state index in [-0.39, 0.29) is 30.9 Å². The minimum absolute atomic E-state index is 0.0713. The van der Waals surface area contributed by atoms with Gasteiger partial charge in [-0.3, -0.25) is 20.2 Å². The number of para-hydroxylation sites is 1. The Morgan fingerprint density at radius 1 is 1.13 bits per heavy atom. The molecule has 0 spiro atoms. The van der Waals surface area contributed by atoms with Crippen molar-refractivity contribution < 1.29 is 19.5 Å². The standard InChI is InChI=1S/C15H17N3O5/c1-16-10-14(17(19)20)7-13(23-12-5-3-2-4-6-12)8-15(9-14,11-16)18(21)22/h2-7H,8-11H2,1H3/p+1/t14-,15-/m0/s1. The van der Waals surface area contributed by atoms with Gasteiger partial charge in [-0.1, -0.05) is 18.2 Å². The second kappa shape index (κ2) is 5.31. The van der Waals surface area contributed by atoms with Crippen molar-refractivity contribution in [3.05, 3.63) is 62.4 Å². The summed E-state index contributed by atoms with van der Waals surface area (Å²) in [7, 11) is 1.76. The van der Waals surface area contributed by atoms with Crippen molar-refractivity contribution >= 4 is 0 Å². The maximum atomic E-state index is 11.7. The summed E-state index contributed by atoms with van der Waals surface area (Å²) < 4.78 is 5.72. The number of nitrogens with zero attached hydrogens (tertiary/aromatic N) is 2. The van der Waals surface area contributed by atoms with Crippen LogP contribution >= 0.6 is 0 Å². The van der Waals surface area contributed by atoms with Crippen LogP contribution in [0.25, 0.3) is 0 Å². The van der Waals surface area contributed by atoms with Crippen LogP contribution in [0.3, 0.4) is 0 Å². The molecule has 23 heavy (non-hydrogen) atoms. The third-order valence-electron chi connectivity index (χ3n) is 4.55. The first-order valence-corrected chi connectivity index (χ1v) is 7.40. The molecule has 1 aliphatic carbocycles. The monoisotopic (exact) mass is 320 g/mol. The Labute approximate surface area is 132 Å². The Morgan fingerprint density at radius 3 is 2.43 bits per heavy atom. The minimum atomic E-state index is -1.45. The maximum absolute atomic E-state index is 11.7. The fourth-order valence-electron chi connectivity index (χ4n) is 3.82. The van der Waals surface area contributed by atoms with Gasteiger partial charge in [0.1, 0.15) is 24.5 Å². The molecular weight excluding hydrogens is 302 g/mol. The van der Waals surface area contributed by atoms with Crippen molar-refractivity contribution in [2.24, 2.45) is 0 Å². The molecule has 8 nitrogen and oxygen atoms in total. The van der Waals surface area contributed by atoms with Gasteiger partial charge >= 0.3 is 0 Å². The average molecular weight is 320 g/mol. The van der Waals surface area contributed by atoms with Crippen LogP contribution in [0.15, 0.2) is 42.2 Å². The number of nitro groups is 2. The summed E-state index contributed by atoms with van der Waals surface area (Å²) in [6.45, 7) is 0.475. The lowest BCUT2D eigenvalue weighted by Gasteiger charge is -2.41. The number of likely N-dealkylation sites (N-methyl/N-ethyl adjacent to an activating group) is 1. The highest BCUT2D eigenvalue weighted by Gasteiger charge is 2.66. The van der Waals surface area contributed by atoms with Crippen molar-refractivity contribution in [3.63, 3.8) is 0 Å². The number of piperidine rings is 1. The molecule has 1 saturated heterocycles. The summed E-state index contributed by atoms with van der Waals surface area (Å²) in [5.41, 5.74) is -2.80. The van der Waals surface area contributed by atoms with E-state index in [1.54, 1.807) is 31.3 Å². The number of benzene rings is 1. The molecule has 1 aromatic carbocycles. The minimum Gasteiger partial charge on any atom is -0.461 e. The predicted molar refractivity (Wildman–Crippen MR) is 80.5 cm³/mol. The number of fused-ring (bicyclic) bond motifs is 2. The normalized spacial score (nSPS) is 32.7. The quantitative estimate of drug-likeness (QED) is 0.635. The molecule has 8 heteroatoms. The van der Waals surface area contributed by atoms with E-state index in [0.29, 0.717) is 11.5 Å². The molecule has 3 rings (SSSR count). The summed E-state index contributed by atoms with van der Waals surface area (Å²) in [6, 6.07) is 8.83. The van der Waals surface area contributed by atoms with E-state index in [1.807, 2.05) is 6.07 Å². The zero-order valence-electron chi connectivity index (χ0n) is 12.7. The summed E-state index contributed by atoms with van der Waals surface area (Å²) in [6.07, 6.45) is 1.46. The first-order chi connectivity index (χ1) is 10.9. The summed E-state index contributed by atoms with van der Waals surface area (Å²) >= 11 is 0. The maximum Gasteiger partial charge on any atom is 0.298 e. The smallest absolute Gasteiger partial charge is 0.298 e. The number of rotatable bonds is 4. The largest absolute Gasteiger partial charge is 0.461 e. The van der Waals surface area contributed by atoms with Crippen LogP contribution in [0, 0.1) is 20.2 Å². The molecule has 2 bridgehead atoms. The van der Waals surface area contributed by atoms with E-state index >= 15 is 0 Å². The molecule has 0 radical (unpaired) electrons. The van der Waals surface area contributed by atoms with Gasteiger partial charge in [0.15, 0.2) is 6.54 Å². The van der Waals surface area contributed by atoms with Gasteiger partial charge in [-0.05, 0) is 12.1 Å². The molecule has 1 N–H and O–H groups in total. The molecule has 1 heterocycles. The van der Waals surface area contributed by atoms with Gasteiger partial charge in [-0.2, -0.15) is 0 Å². The fourth-order valence-corrected chi connectivity index (χ4v) is 3.82. The third kappa shape index (κ3) is 2.65. The number of nitrogens with one attached hydrogen (secondary N) is 1. The molecule has 0 amide bonds. The first kappa shape index (κ1) is 15.4. The second-order valence-corrected chi connectivity index (χ2v) is 6.53. The summed E-state index contributed by atoms with van der Waals surface area (Å²) in [5.74, 6) is 0.833. The van der Waals surface area contributed by atoms with Gasteiger partial charge in [0.2, 0.25) is 0 Å². The van der Waals surface area contributed by atoms with Crippen molar-refractivity contribution in [2.75, 3.05) is 20.1 Å². The summed E-state index contributed by atoms with van der Waals surface area (Å²) in [5, 5.41) is 23.3. The average Bonchev–Trinajstić information content (AvgIpc) is 2.46. The molecule has 1 fully saturated rings. The molecule has 0 aromatic heterocycles. The Balaban J connectivity index is 2.02. The molecular formula is C15H18N3O5+. The number of likely N-dealkylation sites (tertiary alicyclic amines) is 1. The van der Waals surface area contributed by atoms with E-state index in [0.717, 1.165) is 4.90 Å². The number of hydrogen-bond donors (Lipinski definition) is 1. The molecule has 1 aliphatic heterocycles. The van der Waals surface area contributed by atoms with Crippen LogP contribution in [-0.4, -0.2) is 41.1 Å². The Kier molecular flexibility index (Phi) is 3.56. The Hall–Kier alpha value is -2.48. The lowest BCUT2D eigenvalue weighted by molar-refractivity contribution is -0.926.